The van der Waals surface area contributed by atoms with Gasteiger partial charge in [-0.05, 0) is 31.0 Å². The Morgan fingerprint density at radius 1 is 1.36 bits per heavy atom. The molecule has 0 aliphatic carbocycles. The molecule has 1 aliphatic heterocycles. The highest BCUT2D eigenvalue weighted by atomic mass is 16.1. The fourth-order valence-corrected chi connectivity index (χ4v) is 3.81. The molecule has 6 nitrogen and oxygen atoms in total. The first-order valence-corrected chi connectivity index (χ1v) is 8.65. The first kappa shape index (κ1) is 15.9. The number of hydrogen-bond donors (Lipinski definition) is 2. The van der Waals surface area contributed by atoms with Gasteiger partial charge in [0.2, 0.25) is 0 Å². The number of carbonyl (C=O) groups excluding carboxylic acids is 1. The third kappa shape index (κ3) is 2.62. The van der Waals surface area contributed by atoms with Gasteiger partial charge >= 0.3 is 0 Å². The van der Waals surface area contributed by atoms with Crippen molar-refractivity contribution in [3.63, 3.8) is 0 Å². The van der Waals surface area contributed by atoms with Crippen molar-refractivity contribution >= 4 is 16.8 Å². The Bertz CT molecular complexity index is 943. The lowest BCUT2D eigenvalue weighted by molar-refractivity contribution is 0.0942. The lowest BCUT2D eigenvalue weighted by atomic mass is 10.1. The lowest BCUT2D eigenvalue weighted by Crippen LogP contribution is -2.28. The molecule has 130 valence electrons. The predicted molar refractivity (Wildman–Crippen MR) is 97.5 cm³/mol. The molecule has 0 radical (unpaired) electrons. The van der Waals surface area contributed by atoms with Crippen LogP contribution in [0.1, 0.15) is 33.0 Å². The Labute approximate surface area is 146 Å². The second-order valence-corrected chi connectivity index (χ2v) is 6.71. The number of amides is 1. The topological polar surface area (TPSA) is 63.9 Å². The van der Waals surface area contributed by atoms with Crippen molar-refractivity contribution in [3.8, 4) is 0 Å². The van der Waals surface area contributed by atoms with E-state index in [1.807, 2.05) is 29.3 Å². The SMILES string of the molecule is Cc1c(C(=O)NCc2cc3n(n2)CCNC3)n(C)c2c(C)cccc12. The van der Waals surface area contributed by atoms with Gasteiger partial charge < -0.3 is 15.2 Å². The van der Waals surface area contributed by atoms with Crippen molar-refractivity contribution < 1.29 is 4.79 Å². The number of para-hydroxylation sites is 1. The summed E-state index contributed by atoms with van der Waals surface area (Å²) in [4.78, 5) is 12.8. The fraction of sp³-hybridized carbons (Fsp3) is 0.368. The summed E-state index contributed by atoms with van der Waals surface area (Å²) in [7, 11) is 1.96. The van der Waals surface area contributed by atoms with Crippen LogP contribution < -0.4 is 10.6 Å². The number of hydrogen-bond acceptors (Lipinski definition) is 3. The van der Waals surface area contributed by atoms with Gasteiger partial charge in [0.05, 0.1) is 30.0 Å². The zero-order chi connectivity index (χ0) is 17.6. The van der Waals surface area contributed by atoms with Crippen molar-refractivity contribution in [2.45, 2.75) is 33.5 Å². The molecule has 0 atom stereocenters. The van der Waals surface area contributed by atoms with Gasteiger partial charge in [-0.15, -0.1) is 0 Å². The van der Waals surface area contributed by atoms with Gasteiger partial charge in [0.15, 0.2) is 0 Å². The highest BCUT2D eigenvalue weighted by Gasteiger charge is 2.19. The molecular weight excluding hydrogens is 314 g/mol. The summed E-state index contributed by atoms with van der Waals surface area (Å²) in [5.74, 6) is -0.0558. The molecule has 1 amide bonds. The Balaban J connectivity index is 1.58. The van der Waals surface area contributed by atoms with Gasteiger partial charge in [0, 0.05) is 25.5 Å². The van der Waals surface area contributed by atoms with E-state index < -0.39 is 0 Å². The van der Waals surface area contributed by atoms with Crippen LogP contribution in [-0.4, -0.2) is 26.8 Å². The number of rotatable bonds is 3. The molecule has 3 aromatic rings. The summed E-state index contributed by atoms with van der Waals surface area (Å²) < 4.78 is 4.01. The number of fused-ring (bicyclic) bond motifs is 2. The zero-order valence-corrected chi connectivity index (χ0v) is 14.9. The van der Waals surface area contributed by atoms with Crippen LogP contribution in [0.2, 0.25) is 0 Å². The normalized spacial score (nSPS) is 13.9. The minimum atomic E-state index is -0.0558. The highest BCUT2D eigenvalue weighted by molar-refractivity contribution is 6.02. The van der Waals surface area contributed by atoms with E-state index in [9.17, 15) is 4.79 Å². The maximum Gasteiger partial charge on any atom is 0.268 e. The maximum absolute atomic E-state index is 12.8. The van der Waals surface area contributed by atoms with Crippen LogP contribution >= 0.6 is 0 Å². The van der Waals surface area contributed by atoms with Gasteiger partial charge in [0.1, 0.15) is 5.69 Å². The molecular formula is C19H23N5O. The smallest absolute Gasteiger partial charge is 0.268 e. The van der Waals surface area contributed by atoms with Crippen molar-refractivity contribution in [3.05, 3.63) is 52.5 Å². The fourth-order valence-electron chi connectivity index (χ4n) is 3.81. The molecule has 3 heterocycles. The summed E-state index contributed by atoms with van der Waals surface area (Å²) in [6.45, 7) is 7.19. The molecule has 0 saturated carbocycles. The van der Waals surface area contributed by atoms with E-state index in [0.29, 0.717) is 6.54 Å². The van der Waals surface area contributed by atoms with Crippen LogP contribution in [0.5, 0.6) is 0 Å². The highest BCUT2D eigenvalue weighted by Crippen LogP contribution is 2.27. The second-order valence-electron chi connectivity index (χ2n) is 6.71. The molecule has 6 heteroatoms. The van der Waals surface area contributed by atoms with E-state index in [1.54, 1.807) is 0 Å². The predicted octanol–water partition coefficient (Wildman–Crippen LogP) is 2.02. The van der Waals surface area contributed by atoms with E-state index in [-0.39, 0.29) is 5.91 Å². The lowest BCUT2D eigenvalue weighted by Gasteiger charge is -2.13. The summed E-state index contributed by atoms with van der Waals surface area (Å²) in [5.41, 5.74) is 6.11. The molecule has 2 aromatic heterocycles. The minimum absolute atomic E-state index is 0.0558. The Morgan fingerprint density at radius 3 is 2.96 bits per heavy atom. The quantitative estimate of drug-likeness (QED) is 0.769. The van der Waals surface area contributed by atoms with Crippen molar-refractivity contribution in [2.75, 3.05) is 6.54 Å². The van der Waals surface area contributed by atoms with Crippen LogP contribution in [0.15, 0.2) is 24.3 Å². The number of aromatic nitrogens is 3. The van der Waals surface area contributed by atoms with E-state index >= 15 is 0 Å². The molecule has 0 spiro atoms. The van der Waals surface area contributed by atoms with Crippen LogP contribution in [0.3, 0.4) is 0 Å². The molecule has 0 bridgehead atoms. The van der Waals surface area contributed by atoms with Crippen molar-refractivity contribution in [2.24, 2.45) is 7.05 Å². The van der Waals surface area contributed by atoms with Gasteiger partial charge in [-0.25, -0.2) is 0 Å². The molecule has 0 unspecified atom stereocenters. The second kappa shape index (κ2) is 6.04. The van der Waals surface area contributed by atoms with E-state index in [0.717, 1.165) is 47.5 Å². The molecule has 4 rings (SSSR count). The van der Waals surface area contributed by atoms with Crippen molar-refractivity contribution in [1.29, 1.82) is 0 Å². The molecule has 1 aliphatic rings. The average Bonchev–Trinajstić information content (AvgIpc) is 3.13. The first-order chi connectivity index (χ1) is 12.1. The zero-order valence-electron chi connectivity index (χ0n) is 14.9. The molecule has 2 N–H and O–H groups in total. The average molecular weight is 337 g/mol. The summed E-state index contributed by atoms with van der Waals surface area (Å²) in [6, 6.07) is 8.25. The first-order valence-electron chi connectivity index (χ1n) is 8.65. The van der Waals surface area contributed by atoms with E-state index in [1.165, 1.54) is 11.3 Å². The standard InChI is InChI=1S/C19H23N5O/c1-12-5-4-6-16-13(2)18(23(3)17(12)16)19(25)21-10-14-9-15-11-20-7-8-24(15)22-14/h4-6,9,20H,7-8,10-11H2,1-3H3,(H,21,25). The van der Waals surface area contributed by atoms with Crippen LogP contribution in [-0.2, 0) is 26.7 Å². The maximum atomic E-state index is 12.8. The summed E-state index contributed by atoms with van der Waals surface area (Å²) in [6.07, 6.45) is 0. The molecule has 25 heavy (non-hydrogen) atoms. The largest absolute Gasteiger partial charge is 0.345 e. The number of aryl methyl sites for hydroxylation is 3. The van der Waals surface area contributed by atoms with Crippen LogP contribution in [0.25, 0.3) is 10.9 Å². The third-order valence-corrected chi connectivity index (χ3v) is 5.03. The summed E-state index contributed by atoms with van der Waals surface area (Å²) in [5, 5.41) is 12.1. The van der Waals surface area contributed by atoms with Gasteiger partial charge in [-0.1, -0.05) is 18.2 Å². The number of nitrogens with one attached hydrogen (secondary N) is 2. The third-order valence-electron chi connectivity index (χ3n) is 5.03. The molecule has 0 saturated heterocycles. The van der Waals surface area contributed by atoms with E-state index in [4.69, 9.17) is 0 Å². The van der Waals surface area contributed by atoms with Crippen molar-refractivity contribution in [1.82, 2.24) is 25.0 Å². The van der Waals surface area contributed by atoms with Crippen LogP contribution in [0.4, 0.5) is 0 Å². The van der Waals surface area contributed by atoms with Gasteiger partial charge in [-0.3, -0.25) is 9.48 Å². The van der Waals surface area contributed by atoms with Gasteiger partial charge in [0.25, 0.3) is 5.91 Å². The number of benzene rings is 1. The van der Waals surface area contributed by atoms with Gasteiger partial charge in [-0.2, -0.15) is 5.10 Å². The molecule has 0 fully saturated rings. The Kier molecular flexibility index (Phi) is 3.84. The monoisotopic (exact) mass is 337 g/mol. The minimum Gasteiger partial charge on any atom is -0.345 e. The van der Waals surface area contributed by atoms with Crippen LogP contribution in [0, 0.1) is 13.8 Å². The summed E-state index contributed by atoms with van der Waals surface area (Å²) >= 11 is 0. The Morgan fingerprint density at radius 2 is 2.20 bits per heavy atom. The number of nitrogens with zero attached hydrogens (tertiary/aromatic N) is 3. The number of carbonyl (C=O) groups is 1. The Hall–Kier alpha value is -2.60. The molecule has 1 aromatic carbocycles. The van der Waals surface area contributed by atoms with E-state index in [2.05, 4.69) is 40.9 Å².